The number of hydrogen-bond acceptors (Lipinski definition) is 4. The van der Waals surface area contributed by atoms with Gasteiger partial charge in [-0.15, -0.1) is 0 Å². The van der Waals surface area contributed by atoms with Gasteiger partial charge in [-0.2, -0.15) is 0 Å². The average Bonchev–Trinajstić information content (AvgIpc) is 2.64. The number of hydrogen-bond donors (Lipinski definition) is 0. The second-order valence-electron chi connectivity index (χ2n) is 6.69. The summed E-state index contributed by atoms with van der Waals surface area (Å²) in [5.74, 6) is 0. The highest BCUT2D eigenvalue weighted by Crippen LogP contribution is 2.10. The maximum atomic E-state index is 6.14. The van der Waals surface area contributed by atoms with Crippen molar-refractivity contribution in [1.82, 2.24) is 9.80 Å². The molecule has 1 aromatic carbocycles. The van der Waals surface area contributed by atoms with Crippen LogP contribution in [0.1, 0.15) is 38.5 Å². The zero-order valence-corrected chi connectivity index (χ0v) is 14.2. The Labute approximate surface area is 140 Å². The van der Waals surface area contributed by atoms with Crippen LogP contribution in [-0.4, -0.2) is 56.6 Å². The van der Waals surface area contributed by atoms with Gasteiger partial charge in [0.2, 0.25) is 0 Å². The Morgan fingerprint density at radius 1 is 0.696 bits per heavy atom. The van der Waals surface area contributed by atoms with Crippen molar-refractivity contribution in [3.8, 4) is 0 Å². The van der Waals surface area contributed by atoms with Crippen LogP contribution in [-0.2, 0) is 9.31 Å². The van der Waals surface area contributed by atoms with Crippen molar-refractivity contribution in [3.05, 3.63) is 30.3 Å². The SMILES string of the molecule is c1ccc(B(OCN2CCCCC2)OCN2CCCCC2)cc1. The largest absolute Gasteiger partial charge is 0.495 e. The Morgan fingerprint density at radius 2 is 1.17 bits per heavy atom. The van der Waals surface area contributed by atoms with Crippen LogP contribution in [0, 0.1) is 0 Å². The molecule has 23 heavy (non-hydrogen) atoms. The molecule has 0 amide bonds. The van der Waals surface area contributed by atoms with Crippen LogP contribution < -0.4 is 5.46 Å². The Morgan fingerprint density at radius 3 is 1.65 bits per heavy atom. The molecule has 4 nitrogen and oxygen atoms in total. The van der Waals surface area contributed by atoms with Crippen LogP contribution in [0.2, 0.25) is 0 Å². The highest BCUT2D eigenvalue weighted by Gasteiger charge is 2.24. The molecule has 2 heterocycles. The molecule has 0 N–H and O–H groups in total. The Hall–Kier alpha value is -0.875. The van der Waals surface area contributed by atoms with Gasteiger partial charge in [-0.1, -0.05) is 43.2 Å². The Balaban J connectivity index is 1.52. The van der Waals surface area contributed by atoms with Crippen LogP contribution in [0.25, 0.3) is 0 Å². The highest BCUT2D eigenvalue weighted by atomic mass is 16.6. The molecule has 2 aliphatic heterocycles. The Bertz CT molecular complexity index is 412. The lowest BCUT2D eigenvalue weighted by atomic mass is 9.79. The maximum Gasteiger partial charge on any atom is 0.495 e. The summed E-state index contributed by atoms with van der Waals surface area (Å²) >= 11 is 0. The fourth-order valence-electron chi connectivity index (χ4n) is 3.37. The molecule has 2 fully saturated rings. The predicted octanol–water partition coefficient (Wildman–Crippen LogP) is 2.30. The van der Waals surface area contributed by atoms with Gasteiger partial charge in [0.15, 0.2) is 0 Å². The maximum absolute atomic E-state index is 6.14. The van der Waals surface area contributed by atoms with Crippen molar-refractivity contribution in [2.24, 2.45) is 0 Å². The van der Waals surface area contributed by atoms with Crippen LogP contribution in [0.5, 0.6) is 0 Å². The Kier molecular flexibility index (Phi) is 6.95. The minimum Gasteiger partial charge on any atom is -0.394 e. The molecule has 2 saturated heterocycles. The number of benzene rings is 1. The highest BCUT2D eigenvalue weighted by molar-refractivity contribution is 6.61. The van der Waals surface area contributed by atoms with E-state index >= 15 is 0 Å². The third-order valence-electron chi connectivity index (χ3n) is 4.79. The fourth-order valence-corrected chi connectivity index (χ4v) is 3.37. The molecule has 2 aliphatic rings. The van der Waals surface area contributed by atoms with Crippen molar-refractivity contribution >= 4 is 12.6 Å². The summed E-state index contributed by atoms with van der Waals surface area (Å²) in [6.07, 6.45) is 7.85. The molecule has 0 spiro atoms. The first-order chi connectivity index (χ1) is 11.4. The van der Waals surface area contributed by atoms with Gasteiger partial charge in [-0.3, -0.25) is 9.80 Å². The van der Waals surface area contributed by atoms with Crippen LogP contribution in [0.3, 0.4) is 0 Å². The van der Waals surface area contributed by atoms with E-state index in [2.05, 4.69) is 34.1 Å². The van der Waals surface area contributed by atoms with Crippen molar-refractivity contribution in [3.63, 3.8) is 0 Å². The molecule has 0 bridgehead atoms. The molecule has 5 heteroatoms. The second-order valence-corrected chi connectivity index (χ2v) is 6.69. The molecule has 0 saturated carbocycles. The van der Waals surface area contributed by atoms with E-state index < -0.39 is 0 Å². The molecule has 126 valence electrons. The molecular weight excluding hydrogens is 287 g/mol. The van der Waals surface area contributed by atoms with Crippen molar-refractivity contribution in [1.29, 1.82) is 0 Å². The van der Waals surface area contributed by atoms with E-state index in [1.54, 1.807) is 0 Å². The first-order valence-electron chi connectivity index (χ1n) is 9.15. The summed E-state index contributed by atoms with van der Waals surface area (Å²) < 4.78 is 12.3. The number of rotatable bonds is 7. The van der Waals surface area contributed by atoms with Crippen molar-refractivity contribution in [2.45, 2.75) is 38.5 Å². The van der Waals surface area contributed by atoms with Gasteiger partial charge in [0, 0.05) is 26.2 Å². The summed E-state index contributed by atoms with van der Waals surface area (Å²) in [6.45, 7) is 5.92. The minimum atomic E-state index is -0.264. The third-order valence-corrected chi connectivity index (χ3v) is 4.79. The first-order valence-corrected chi connectivity index (χ1v) is 9.15. The lowest BCUT2D eigenvalue weighted by Crippen LogP contribution is -2.44. The second kappa shape index (κ2) is 9.43. The monoisotopic (exact) mass is 316 g/mol. The van der Waals surface area contributed by atoms with Crippen molar-refractivity contribution in [2.75, 3.05) is 39.6 Å². The molecule has 0 radical (unpaired) electrons. The normalized spacial score (nSPS) is 20.5. The molecule has 0 aliphatic carbocycles. The molecule has 1 aromatic rings. The lowest BCUT2D eigenvalue weighted by molar-refractivity contribution is 0.0514. The van der Waals surface area contributed by atoms with E-state index in [1.807, 2.05) is 6.07 Å². The van der Waals surface area contributed by atoms with Gasteiger partial charge in [0.05, 0.1) is 13.5 Å². The summed E-state index contributed by atoms with van der Waals surface area (Å²) in [7, 11) is -0.264. The van der Waals surface area contributed by atoms with E-state index in [-0.39, 0.29) is 7.12 Å². The number of nitrogens with zero attached hydrogens (tertiary/aromatic N) is 2. The third kappa shape index (κ3) is 5.61. The van der Waals surface area contributed by atoms with Crippen LogP contribution in [0.15, 0.2) is 30.3 Å². The summed E-state index contributed by atoms with van der Waals surface area (Å²) in [6, 6.07) is 10.3. The van der Waals surface area contributed by atoms with Gasteiger partial charge in [0.1, 0.15) is 0 Å². The zero-order valence-electron chi connectivity index (χ0n) is 14.2. The number of likely N-dealkylation sites (tertiary alicyclic amines) is 2. The summed E-state index contributed by atoms with van der Waals surface area (Å²) in [5.41, 5.74) is 1.11. The standard InChI is InChI=1S/C18H29BN2O2/c1-4-10-18(11-5-1)19(22-16-20-12-6-2-7-13-20)23-17-21-14-8-3-9-15-21/h1,4-5,10-11H,2-3,6-9,12-17H2. The minimum absolute atomic E-state index is 0.264. The van der Waals surface area contributed by atoms with Gasteiger partial charge in [-0.05, 0) is 31.1 Å². The molecular formula is C18H29BN2O2. The van der Waals surface area contributed by atoms with Crippen LogP contribution in [0.4, 0.5) is 0 Å². The van der Waals surface area contributed by atoms with Crippen molar-refractivity contribution < 1.29 is 9.31 Å². The molecule has 0 atom stereocenters. The van der Waals surface area contributed by atoms with Gasteiger partial charge in [-0.25, -0.2) is 0 Å². The van der Waals surface area contributed by atoms with Gasteiger partial charge in [0.25, 0.3) is 0 Å². The summed E-state index contributed by atoms with van der Waals surface area (Å²) in [5, 5.41) is 0. The van der Waals surface area contributed by atoms with Gasteiger partial charge >= 0.3 is 7.12 Å². The quantitative estimate of drug-likeness (QED) is 0.721. The molecule has 0 unspecified atom stereocenters. The predicted molar refractivity (Wildman–Crippen MR) is 94.6 cm³/mol. The van der Waals surface area contributed by atoms with Crippen LogP contribution >= 0.6 is 0 Å². The fraction of sp³-hybridized carbons (Fsp3) is 0.667. The van der Waals surface area contributed by atoms with E-state index in [1.165, 1.54) is 38.5 Å². The zero-order chi connectivity index (χ0) is 15.7. The van der Waals surface area contributed by atoms with Gasteiger partial charge < -0.3 is 9.31 Å². The van der Waals surface area contributed by atoms with E-state index in [0.717, 1.165) is 31.6 Å². The topological polar surface area (TPSA) is 24.9 Å². The lowest BCUT2D eigenvalue weighted by Gasteiger charge is -2.30. The molecule has 3 rings (SSSR count). The number of piperidine rings is 2. The average molecular weight is 316 g/mol. The van der Waals surface area contributed by atoms with E-state index in [9.17, 15) is 0 Å². The smallest absolute Gasteiger partial charge is 0.394 e. The van der Waals surface area contributed by atoms with E-state index in [0.29, 0.717) is 13.5 Å². The summed E-state index contributed by atoms with van der Waals surface area (Å²) in [4.78, 5) is 4.79. The van der Waals surface area contributed by atoms with E-state index in [4.69, 9.17) is 9.31 Å². The first kappa shape index (κ1) is 17.0. The molecule has 0 aromatic heterocycles.